The molecular weight excluding hydrogens is 450 g/mol. The Labute approximate surface area is 202 Å². The van der Waals surface area contributed by atoms with Crippen molar-refractivity contribution in [3.05, 3.63) is 82.0 Å². The van der Waals surface area contributed by atoms with Gasteiger partial charge in [0.25, 0.3) is 17.2 Å². The zero-order valence-corrected chi connectivity index (χ0v) is 20.4. The topological polar surface area (TPSA) is 90.5 Å². The minimum absolute atomic E-state index is 0.0585. The van der Waals surface area contributed by atoms with Crippen LogP contribution >= 0.6 is 11.8 Å². The highest BCUT2D eigenvalue weighted by atomic mass is 32.2. The Balaban J connectivity index is 1.33. The Morgan fingerprint density at radius 1 is 1.12 bits per heavy atom. The van der Waals surface area contributed by atoms with Gasteiger partial charge < -0.3 is 10.1 Å². The van der Waals surface area contributed by atoms with Crippen LogP contribution in [-0.4, -0.2) is 31.7 Å². The molecule has 4 rings (SSSR count). The van der Waals surface area contributed by atoms with Crippen LogP contribution in [0.15, 0.2) is 64.5 Å². The highest BCUT2D eigenvalue weighted by molar-refractivity contribution is 7.98. The zero-order chi connectivity index (χ0) is 24.2. The van der Waals surface area contributed by atoms with E-state index in [9.17, 15) is 9.59 Å². The molecule has 0 saturated heterocycles. The monoisotopic (exact) mass is 477 g/mol. The van der Waals surface area contributed by atoms with Gasteiger partial charge in [0.15, 0.2) is 6.61 Å². The number of anilines is 1. The molecule has 4 aromatic rings. The first-order valence-corrected chi connectivity index (χ1v) is 12.0. The highest BCUT2D eigenvalue weighted by Crippen LogP contribution is 2.24. The van der Waals surface area contributed by atoms with Gasteiger partial charge in [-0.1, -0.05) is 12.1 Å². The highest BCUT2D eigenvalue weighted by Gasteiger charge is 2.11. The van der Waals surface area contributed by atoms with Crippen LogP contribution in [0.2, 0.25) is 0 Å². The number of benzene rings is 2. The third-order valence-electron chi connectivity index (χ3n) is 5.21. The summed E-state index contributed by atoms with van der Waals surface area (Å²) in [5.41, 5.74) is 3.29. The van der Waals surface area contributed by atoms with Gasteiger partial charge in [-0.3, -0.25) is 14.3 Å². The maximum atomic E-state index is 12.5. The number of carbonyl (C=O) groups is 1. The molecule has 0 spiro atoms. The van der Waals surface area contributed by atoms with Crippen LogP contribution in [0, 0.1) is 13.8 Å². The number of amides is 1. The molecule has 0 aliphatic rings. The predicted octanol–water partition coefficient (Wildman–Crippen LogP) is 4.40. The minimum Gasteiger partial charge on any atom is -0.483 e. The lowest BCUT2D eigenvalue weighted by Crippen LogP contribution is -2.22. The van der Waals surface area contributed by atoms with E-state index < -0.39 is 0 Å². The fraction of sp³-hybridized carbons (Fsp3) is 0.280. The van der Waals surface area contributed by atoms with Gasteiger partial charge in [0.05, 0.1) is 5.69 Å². The summed E-state index contributed by atoms with van der Waals surface area (Å²) in [5.74, 6) is 1.43. The van der Waals surface area contributed by atoms with Crippen molar-refractivity contribution in [3.8, 4) is 5.75 Å². The Kier molecular flexibility index (Phi) is 7.02. The van der Waals surface area contributed by atoms with Crippen molar-refractivity contribution < 1.29 is 9.53 Å². The van der Waals surface area contributed by atoms with Gasteiger partial charge in [0, 0.05) is 28.4 Å². The number of nitrogens with one attached hydrogen (secondary N) is 1. The molecule has 2 aromatic heterocycles. The molecule has 0 unspecified atom stereocenters. The molecule has 0 atom stereocenters. The molecule has 2 heterocycles. The molecule has 0 aliphatic heterocycles. The van der Waals surface area contributed by atoms with E-state index in [1.807, 2.05) is 70.2 Å². The number of aromatic nitrogens is 4. The van der Waals surface area contributed by atoms with Gasteiger partial charge in [0.2, 0.25) is 0 Å². The Bertz CT molecular complexity index is 1380. The number of hydrogen-bond acceptors (Lipinski definition) is 6. The van der Waals surface area contributed by atoms with E-state index in [4.69, 9.17) is 4.74 Å². The third-order valence-corrected chi connectivity index (χ3v) is 6.26. The zero-order valence-electron chi connectivity index (χ0n) is 19.6. The number of aryl methyl sites for hydroxylation is 2. The standard InChI is InChI=1S/C25H27N5O3S/c1-16(2)29-15-26-25-28-20(12-24(32)30(25)29)14-34-21-9-7-19(8-10-21)27-23(31)13-33-22-11-17(3)5-6-18(22)4/h5-12,15-16H,13-14H2,1-4H3,(H,27,31). The molecule has 9 heteroatoms. The van der Waals surface area contributed by atoms with Crippen LogP contribution in [0.5, 0.6) is 5.75 Å². The number of nitrogens with zero attached hydrogens (tertiary/aromatic N) is 4. The first-order chi connectivity index (χ1) is 16.3. The van der Waals surface area contributed by atoms with Crippen LogP contribution in [0.3, 0.4) is 0 Å². The molecule has 176 valence electrons. The van der Waals surface area contributed by atoms with Gasteiger partial charge in [-0.15, -0.1) is 11.8 Å². The van der Waals surface area contributed by atoms with Crippen molar-refractivity contribution in [1.29, 1.82) is 0 Å². The normalized spacial score (nSPS) is 11.2. The maximum absolute atomic E-state index is 12.5. The Hall–Kier alpha value is -3.59. The maximum Gasteiger partial charge on any atom is 0.274 e. The van der Waals surface area contributed by atoms with E-state index in [-0.39, 0.29) is 24.1 Å². The van der Waals surface area contributed by atoms with Gasteiger partial charge in [-0.05, 0) is 69.2 Å². The lowest BCUT2D eigenvalue weighted by molar-refractivity contribution is -0.118. The second-order valence-corrected chi connectivity index (χ2v) is 9.38. The lowest BCUT2D eigenvalue weighted by Gasteiger charge is -2.11. The van der Waals surface area contributed by atoms with Crippen LogP contribution in [0.4, 0.5) is 5.69 Å². The van der Waals surface area contributed by atoms with Crippen LogP contribution in [-0.2, 0) is 10.5 Å². The van der Waals surface area contributed by atoms with E-state index >= 15 is 0 Å². The number of carbonyl (C=O) groups excluding carboxylic acids is 1. The molecule has 0 radical (unpaired) electrons. The third kappa shape index (κ3) is 5.48. The Morgan fingerprint density at radius 3 is 2.62 bits per heavy atom. The summed E-state index contributed by atoms with van der Waals surface area (Å²) in [5, 5.41) is 2.85. The van der Waals surface area contributed by atoms with Gasteiger partial charge in [0.1, 0.15) is 12.1 Å². The van der Waals surface area contributed by atoms with E-state index in [1.54, 1.807) is 28.8 Å². The van der Waals surface area contributed by atoms with Crippen LogP contribution in [0.1, 0.15) is 36.7 Å². The molecule has 0 aliphatic carbocycles. The number of hydrogen-bond donors (Lipinski definition) is 1. The van der Waals surface area contributed by atoms with E-state index in [0.717, 1.165) is 16.0 Å². The summed E-state index contributed by atoms with van der Waals surface area (Å²) in [6, 6.07) is 15.1. The van der Waals surface area contributed by atoms with Gasteiger partial charge in [-0.25, -0.2) is 4.98 Å². The molecule has 0 saturated carbocycles. The summed E-state index contributed by atoms with van der Waals surface area (Å²) in [4.78, 5) is 34.6. The van der Waals surface area contributed by atoms with Crippen molar-refractivity contribution in [3.63, 3.8) is 0 Å². The fourth-order valence-corrected chi connectivity index (χ4v) is 4.20. The lowest BCUT2D eigenvalue weighted by atomic mass is 10.1. The second kappa shape index (κ2) is 10.1. The van der Waals surface area contributed by atoms with Gasteiger partial charge in [-0.2, -0.15) is 9.50 Å². The second-order valence-electron chi connectivity index (χ2n) is 8.33. The van der Waals surface area contributed by atoms with E-state index in [0.29, 0.717) is 28.7 Å². The first-order valence-electron chi connectivity index (χ1n) is 11.0. The summed E-state index contributed by atoms with van der Waals surface area (Å²) >= 11 is 1.56. The molecule has 0 bridgehead atoms. The SMILES string of the molecule is Cc1ccc(C)c(OCC(=O)Nc2ccc(SCc3cc(=O)n4c(ncn4C(C)C)n3)cc2)c1. The quantitative estimate of drug-likeness (QED) is 0.378. The number of thioether (sulfide) groups is 1. The van der Waals surface area contributed by atoms with E-state index in [1.165, 1.54) is 4.52 Å². The predicted molar refractivity (Wildman–Crippen MR) is 134 cm³/mol. The van der Waals surface area contributed by atoms with Crippen molar-refractivity contribution in [1.82, 2.24) is 19.2 Å². The Morgan fingerprint density at radius 2 is 1.88 bits per heavy atom. The van der Waals surface area contributed by atoms with Gasteiger partial charge >= 0.3 is 0 Å². The van der Waals surface area contributed by atoms with E-state index in [2.05, 4.69) is 15.3 Å². The minimum atomic E-state index is -0.222. The average molecular weight is 478 g/mol. The van der Waals surface area contributed by atoms with Crippen LogP contribution in [0.25, 0.3) is 5.78 Å². The molecule has 34 heavy (non-hydrogen) atoms. The summed E-state index contributed by atoms with van der Waals surface area (Å²) in [6.45, 7) is 7.85. The largest absolute Gasteiger partial charge is 0.483 e. The summed E-state index contributed by atoms with van der Waals surface area (Å²) < 4.78 is 8.91. The fourth-order valence-electron chi connectivity index (χ4n) is 3.41. The molecular formula is C25H27N5O3S. The molecule has 0 fully saturated rings. The average Bonchev–Trinajstić information content (AvgIpc) is 3.24. The number of ether oxygens (including phenoxy) is 1. The van der Waals surface area contributed by atoms with Crippen molar-refractivity contribution in [2.45, 2.75) is 44.4 Å². The van der Waals surface area contributed by atoms with Crippen molar-refractivity contribution in [2.24, 2.45) is 0 Å². The molecule has 1 N–H and O–H groups in total. The summed E-state index contributed by atoms with van der Waals surface area (Å²) in [6.07, 6.45) is 1.63. The van der Waals surface area contributed by atoms with Crippen molar-refractivity contribution >= 4 is 29.1 Å². The van der Waals surface area contributed by atoms with Crippen molar-refractivity contribution in [2.75, 3.05) is 11.9 Å². The molecule has 1 amide bonds. The van der Waals surface area contributed by atoms with Crippen LogP contribution < -0.4 is 15.6 Å². The molecule has 8 nitrogen and oxygen atoms in total. The number of rotatable bonds is 8. The first kappa shape index (κ1) is 23.6. The molecule has 2 aromatic carbocycles. The summed E-state index contributed by atoms with van der Waals surface area (Å²) in [7, 11) is 0. The number of fused-ring (bicyclic) bond motifs is 1. The smallest absolute Gasteiger partial charge is 0.274 e.